The number of nitrogens with zero attached hydrogens (tertiary/aromatic N) is 3. The van der Waals surface area contributed by atoms with Gasteiger partial charge in [0.15, 0.2) is 0 Å². The molecule has 2 aliphatic heterocycles. The Morgan fingerprint density at radius 2 is 1.46 bits per heavy atom. The van der Waals surface area contributed by atoms with Crippen molar-refractivity contribution in [2.45, 2.75) is 39.3 Å². The number of amides is 1. The van der Waals surface area contributed by atoms with Crippen LogP contribution in [-0.4, -0.2) is 46.1 Å². The van der Waals surface area contributed by atoms with Crippen LogP contribution < -0.4 is 10.9 Å². The van der Waals surface area contributed by atoms with Crippen LogP contribution >= 0.6 is 0 Å². The highest BCUT2D eigenvalue weighted by Crippen LogP contribution is 2.36. The number of carbonyl (C=O) groups excluding carboxylic acids is 1. The molecule has 190 valence electrons. The lowest BCUT2D eigenvalue weighted by Gasteiger charge is -2.56. The molecule has 1 aromatic heterocycles. The summed E-state index contributed by atoms with van der Waals surface area (Å²) in [6.07, 6.45) is 0.560. The predicted octanol–water partition coefficient (Wildman–Crippen LogP) is 4.36. The smallest absolute Gasteiger partial charge is 0.246 e. The van der Waals surface area contributed by atoms with E-state index >= 15 is 0 Å². The fraction of sp³-hybridized carbons (Fsp3) is 0.355. The van der Waals surface area contributed by atoms with E-state index in [1.54, 1.807) is 0 Å². The monoisotopic (exact) mass is 493 g/mol. The number of aromatic nitrogens is 2. The number of hydrogen-bond acceptors (Lipinski definition) is 3. The maximum Gasteiger partial charge on any atom is 0.246 e. The number of imidazole rings is 1. The Balaban J connectivity index is 1.45. The van der Waals surface area contributed by atoms with Crippen LogP contribution in [0.2, 0.25) is 0 Å². The van der Waals surface area contributed by atoms with Crippen LogP contribution in [0.1, 0.15) is 41.3 Å². The van der Waals surface area contributed by atoms with Crippen molar-refractivity contribution in [3.05, 3.63) is 101 Å². The SMILES string of the molecule is Cc1ccc(C[C@@H](C(=O)N2CC3(CNC3)C2)n2c(=N)n(C(C)c3ccc(C)cc3)c3ccccc32)cc1. The zero-order valence-corrected chi connectivity index (χ0v) is 21.9. The van der Waals surface area contributed by atoms with Gasteiger partial charge in [-0.3, -0.25) is 14.8 Å². The van der Waals surface area contributed by atoms with Crippen molar-refractivity contribution in [2.24, 2.45) is 5.41 Å². The second-order valence-electron chi connectivity index (χ2n) is 11.1. The minimum Gasteiger partial charge on any atom is -0.339 e. The average molecular weight is 494 g/mol. The van der Waals surface area contributed by atoms with E-state index < -0.39 is 6.04 Å². The fourth-order valence-electron chi connectivity index (χ4n) is 5.99. The Labute approximate surface area is 218 Å². The van der Waals surface area contributed by atoms with E-state index in [0.717, 1.165) is 48.3 Å². The molecule has 0 bridgehead atoms. The van der Waals surface area contributed by atoms with E-state index in [-0.39, 0.29) is 17.4 Å². The number of benzene rings is 3. The molecule has 6 rings (SSSR count). The maximum atomic E-state index is 14.1. The number of carbonyl (C=O) groups is 1. The van der Waals surface area contributed by atoms with Crippen LogP contribution in [0.5, 0.6) is 0 Å². The molecule has 0 radical (unpaired) electrons. The molecule has 4 aromatic rings. The molecule has 2 N–H and O–H groups in total. The van der Waals surface area contributed by atoms with Crippen LogP contribution in [-0.2, 0) is 11.2 Å². The van der Waals surface area contributed by atoms with Crippen LogP contribution in [0.25, 0.3) is 11.0 Å². The first kappa shape index (κ1) is 23.7. The van der Waals surface area contributed by atoms with Gasteiger partial charge in [0.05, 0.1) is 17.1 Å². The van der Waals surface area contributed by atoms with E-state index in [0.29, 0.717) is 12.0 Å². The summed E-state index contributed by atoms with van der Waals surface area (Å²) in [5.41, 5.74) is 7.20. The summed E-state index contributed by atoms with van der Waals surface area (Å²) in [5.74, 6) is 0.113. The molecule has 1 unspecified atom stereocenters. The Hall–Kier alpha value is -3.64. The molecule has 2 saturated heterocycles. The largest absolute Gasteiger partial charge is 0.339 e. The number of hydrogen-bond donors (Lipinski definition) is 2. The van der Waals surface area contributed by atoms with Gasteiger partial charge < -0.3 is 14.8 Å². The van der Waals surface area contributed by atoms with Crippen molar-refractivity contribution < 1.29 is 4.79 Å². The van der Waals surface area contributed by atoms with Crippen molar-refractivity contribution in [2.75, 3.05) is 26.2 Å². The molecule has 37 heavy (non-hydrogen) atoms. The van der Waals surface area contributed by atoms with Crippen LogP contribution in [0.3, 0.4) is 0 Å². The summed E-state index contributed by atoms with van der Waals surface area (Å²) < 4.78 is 4.05. The molecule has 2 fully saturated rings. The first-order valence-corrected chi connectivity index (χ1v) is 13.2. The van der Waals surface area contributed by atoms with Crippen molar-refractivity contribution in [3.63, 3.8) is 0 Å². The first-order chi connectivity index (χ1) is 17.8. The van der Waals surface area contributed by atoms with Gasteiger partial charge in [-0.1, -0.05) is 71.8 Å². The minimum absolute atomic E-state index is 0.0392. The molecular weight excluding hydrogens is 458 g/mol. The normalized spacial score (nSPS) is 17.9. The molecular formula is C31H35N5O. The lowest BCUT2D eigenvalue weighted by Crippen LogP contribution is -2.72. The first-order valence-electron chi connectivity index (χ1n) is 13.2. The van der Waals surface area contributed by atoms with Gasteiger partial charge in [0.25, 0.3) is 0 Å². The molecule has 6 nitrogen and oxygen atoms in total. The quantitative estimate of drug-likeness (QED) is 0.419. The summed E-state index contributed by atoms with van der Waals surface area (Å²) in [4.78, 5) is 16.1. The number of nitrogens with one attached hydrogen (secondary N) is 2. The number of para-hydroxylation sites is 2. The van der Waals surface area contributed by atoms with Gasteiger partial charge in [0.1, 0.15) is 6.04 Å². The molecule has 2 aliphatic rings. The summed E-state index contributed by atoms with van der Waals surface area (Å²) in [5, 5.41) is 12.8. The highest BCUT2D eigenvalue weighted by molar-refractivity contribution is 5.85. The third-order valence-electron chi connectivity index (χ3n) is 8.31. The van der Waals surface area contributed by atoms with Crippen molar-refractivity contribution >= 4 is 16.9 Å². The van der Waals surface area contributed by atoms with Gasteiger partial charge in [-0.15, -0.1) is 0 Å². The minimum atomic E-state index is -0.475. The Bertz CT molecular complexity index is 1500. The van der Waals surface area contributed by atoms with E-state index in [2.05, 4.69) is 91.3 Å². The van der Waals surface area contributed by atoms with Gasteiger partial charge in [-0.25, -0.2) is 0 Å². The van der Waals surface area contributed by atoms with Crippen molar-refractivity contribution in [1.82, 2.24) is 19.4 Å². The van der Waals surface area contributed by atoms with Gasteiger partial charge in [0, 0.05) is 38.0 Å². The molecule has 0 saturated carbocycles. The Morgan fingerprint density at radius 1 is 0.892 bits per heavy atom. The topological polar surface area (TPSA) is 66.1 Å². The Morgan fingerprint density at radius 3 is 2.03 bits per heavy atom. The fourth-order valence-corrected chi connectivity index (χ4v) is 5.99. The van der Waals surface area contributed by atoms with Crippen molar-refractivity contribution in [3.8, 4) is 0 Å². The number of aryl methyl sites for hydroxylation is 2. The van der Waals surface area contributed by atoms with Crippen LogP contribution in [0, 0.1) is 24.7 Å². The van der Waals surface area contributed by atoms with E-state index in [1.807, 2.05) is 21.6 Å². The van der Waals surface area contributed by atoms with Gasteiger partial charge >= 0.3 is 0 Å². The molecule has 1 spiro atoms. The van der Waals surface area contributed by atoms with Gasteiger partial charge in [-0.05, 0) is 44.0 Å². The summed E-state index contributed by atoms with van der Waals surface area (Å²) in [6, 6.07) is 24.6. The third kappa shape index (κ3) is 4.09. The summed E-state index contributed by atoms with van der Waals surface area (Å²) in [7, 11) is 0. The summed E-state index contributed by atoms with van der Waals surface area (Å²) >= 11 is 0. The molecule has 2 atom stereocenters. The van der Waals surface area contributed by atoms with E-state index in [1.165, 1.54) is 11.1 Å². The average Bonchev–Trinajstić information content (AvgIpc) is 3.13. The highest BCUT2D eigenvalue weighted by atomic mass is 16.2. The second-order valence-corrected chi connectivity index (χ2v) is 11.1. The lowest BCUT2D eigenvalue weighted by molar-refractivity contribution is -0.150. The van der Waals surface area contributed by atoms with Crippen LogP contribution in [0.15, 0.2) is 72.8 Å². The van der Waals surface area contributed by atoms with E-state index in [4.69, 9.17) is 0 Å². The van der Waals surface area contributed by atoms with Crippen molar-refractivity contribution in [1.29, 1.82) is 5.41 Å². The molecule has 0 aliphatic carbocycles. The maximum absolute atomic E-state index is 14.1. The van der Waals surface area contributed by atoms with Gasteiger partial charge in [-0.2, -0.15) is 0 Å². The second kappa shape index (κ2) is 9.03. The van der Waals surface area contributed by atoms with Crippen LogP contribution in [0.4, 0.5) is 0 Å². The Kier molecular flexibility index (Phi) is 5.80. The number of rotatable bonds is 6. The number of likely N-dealkylation sites (tertiary alicyclic amines) is 1. The standard InChI is InChI=1S/C31H35N5O/c1-21-8-12-24(13-9-21)16-28(29(37)34-19-31(20-34)17-33-18-31)36-27-7-5-4-6-26(27)35(30(36)32)23(3)25-14-10-22(2)11-15-25/h4-15,23,28,32-33H,16-20H2,1-3H3/t23?,28-/m0/s1. The molecule has 6 heteroatoms. The summed E-state index contributed by atoms with van der Waals surface area (Å²) in [6.45, 7) is 9.89. The molecule has 3 aromatic carbocycles. The molecule has 3 heterocycles. The zero-order valence-electron chi connectivity index (χ0n) is 21.9. The highest BCUT2D eigenvalue weighted by Gasteiger charge is 2.50. The lowest BCUT2D eigenvalue weighted by atomic mass is 9.74. The van der Waals surface area contributed by atoms with E-state index in [9.17, 15) is 10.2 Å². The number of fused-ring (bicyclic) bond motifs is 1. The van der Waals surface area contributed by atoms with Gasteiger partial charge in [0.2, 0.25) is 11.5 Å². The molecule has 1 amide bonds. The predicted molar refractivity (Wildman–Crippen MR) is 147 cm³/mol. The zero-order chi connectivity index (χ0) is 25.7. The third-order valence-corrected chi connectivity index (χ3v) is 8.31.